The highest BCUT2D eigenvalue weighted by molar-refractivity contribution is 6.30. The number of carbonyl (C=O) groups is 1. The van der Waals surface area contributed by atoms with Crippen LogP contribution in [0.4, 0.5) is 0 Å². The van der Waals surface area contributed by atoms with Crippen molar-refractivity contribution in [3.8, 4) is 0 Å². The van der Waals surface area contributed by atoms with Crippen molar-refractivity contribution in [2.24, 2.45) is 0 Å². The highest BCUT2D eigenvalue weighted by Crippen LogP contribution is 2.29. The van der Waals surface area contributed by atoms with Gasteiger partial charge in [0, 0.05) is 18.1 Å². The standard InChI is InChI=1S/C27H27ClN2O/c28-24-16-14-23(15-17-24)26-13-7-8-18-29-25(19-21-9-3-1-4-10-21)27(31)30(26)20-22-11-5-2-6-12-22/h1-12,14-17,25-26,29H,13,18-20H2/t25-,26+/m0/s1. The van der Waals surface area contributed by atoms with Gasteiger partial charge in [-0.1, -0.05) is 96.5 Å². The van der Waals surface area contributed by atoms with E-state index in [4.69, 9.17) is 11.6 Å². The van der Waals surface area contributed by atoms with Crippen molar-refractivity contribution in [1.29, 1.82) is 0 Å². The Morgan fingerprint density at radius 3 is 2.16 bits per heavy atom. The molecule has 0 spiro atoms. The molecule has 3 aromatic rings. The van der Waals surface area contributed by atoms with Gasteiger partial charge >= 0.3 is 0 Å². The first kappa shape index (κ1) is 21.4. The van der Waals surface area contributed by atoms with E-state index in [2.05, 4.69) is 41.7 Å². The lowest BCUT2D eigenvalue weighted by atomic mass is 9.98. The van der Waals surface area contributed by atoms with Gasteiger partial charge in [0.25, 0.3) is 0 Å². The Morgan fingerprint density at radius 1 is 0.839 bits per heavy atom. The van der Waals surface area contributed by atoms with Crippen LogP contribution in [0.5, 0.6) is 0 Å². The zero-order valence-electron chi connectivity index (χ0n) is 17.5. The van der Waals surface area contributed by atoms with E-state index in [1.807, 2.05) is 65.6 Å². The number of hydrogen-bond acceptors (Lipinski definition) is 2. The van der Waals surface area contributed by atoms with Crippen LogP contribution in [0, 0.1) is 0 Å². The second-order valence-corrected chi connectivity index (χ2v) is 8.31. The normalized spacial score (nSPS) is 19.5. The van der Waals surface area contributed by atoms with Crippen molar-refractivity contribution in [3.63, 3.8) is 0 Å². The van der Waals surface area contributed by atoms with Gasteiger partial charge in [-0.2, -0.15) is 0 Å². The Hall–Kier alpha value is -2.88. The number of halogens is 1. The Kier molecular flexibility index (Phi) is 7.18. The summed E-state index contributed by atoms with van der Waals surface area (Å²) in [5, 5.41) is 4.16. The van der Waals surface area contributed by atoms with Crippen molar-refractivity contribution in [1.82, 2.24) is 10.2 Å². The summed E-state index contributed by atoms with van der Waals surface area (Å²) < 4.78 is 0. The van der Waals surface area contributed by atoms with Gasteiger partial charge in [-0.25, -0.2) is 0 Å². The maximum absolute atomic E-state index is 13.9. The lowest BCUT2D eigenvalue weighted by Gasteiger charge is -2.34. The minimum atomic E-state index is -0.288. The molecule has 3 nitrogen and oxygen atoms in total. The zero-order valence-corrected chi connectivity index (χ0v) is 18.2. The molecule has 4 rings (SSSR count). The molecule has 2 atom stereocenters. The molecule has 1 heterocycles. The topological polar surface area (TPSA) is 32.3 Å². The average molecular weight is 431 g/mol. The lowest BCUT2D eigenvalue weighted by molar-refractivity contribution is -0.136. The maximum atomic E-state index is 13.9. The van der Waals surface area contributed by atoms with Gasteiger partial charge in [-0.15, -0.1) is 0 Å². The monoisotopic (exact) mass is 430 g/mol. The van der Waals surface area contributed by atoms with Crippen molar-refractivity contribution < 1.29 is 4.79 Å². The molecule has 0 saturated heterocycles. The van der Waals surface area contributed by atoms with Crippen LogP contribution in [0.1, 0.15) is 29.2 Å². The van der Waals surface area contributed by atoms with Crippen molar-refractivity contribution >= 4 is 17.5 Å². The molecule has 31 heavy (non-hydrogen) atoms. The largest absolute Gasteiger partial charge is 0.330 e. The first-order valence-electron chi connectivity index (χ1n) is 10.7. The number of nitrogens with one attached hydrogen (secondary N) is 1. The highest BCUT2D eigenvalue weighted by Gasteiger charge is 2.31. The summed E-state index contributed by atoms with van der Waals surface area (Å²) in [6.07, 6.45) is 5.72. The van der Waals surface area contributed by atoms with Crippen LogP contribution >= 0.6 is 11.6 Å². The SMILES string of the molecule is O=C1[C@H](Cc2ccccc2)NCC=CC[C@H](c2ccc(Cl)cc2)N1Cc1ccccc1. The van der Waals surface area contributed by atoms with Crippen LogP contribution in [-0.2, 0) is 17.8 Å². The number of rotatable bonds is 5. The molecule has 4 heteroatoms. The van der Waals surface area contributed by atoms with Gasteiger partial charge in [0.05, 0.1) is 12.1 Å². The van der Waals surface area contributed by atoms with Crippen molar-refractivity contribution in [3.05, 3.63) is 119 Å². The van der Waals surface area contributed by atoms with E-state index in [0.717, 1.165) is 23.1 Å². The van der Waals surface area contributed by atoms with Crippen LogP contribution in [0.2, 0.25) is 5.02 Å². The van der Waals surface area contributed by atoms with Crippen molar-refractivity contribution in [2.75, 3.05) is 6.54 Å². The molecule has 0 fully saturated rings. The summed E-state index contributed by atoms with van der Waals surface area (Å²) in [5.41, 5.74) is 3.37. The summed E-state index contributed by atoms with van der Waals surface area (Å²) in [5.74, 6) is 0.122. The second-order valence-electron chi connectivity index (χ2n) is 7.88. The van der Waals surface area contributed by atoms with Gasteiger partial charge in [-0.3, -0.25) is 4.79 Å². The van der Waals surface area contributed by atoms with Gasteiger partial charge in [-0.05, 0) is 41.7 Å². The molecule has 0 saturated carbocycles. The van der Waals surface area contributed by atoms with Gasteiger partial charge in [0.2, 0.25) is 5.91 Å². The van der Waals surface area contributed by atoms with Crippen LogP contribution in [0.25, 0.3) is 0 Å². The molecule has 0 radical (unpaired) electrons. The number of carbonyl (C=O) groups excluding carboxylic acids is 1. The maximum Gasteiger partial charge on any atom is 0.240 e. The van der Waals surface area contributed by atoms with Gasteiger partial charge < -0.3 is 10.2 Å². The molecule has 1 amide bonds. The molecular formula is C27H27ClN2O. The predicted molar refractivity (Wildman–Crippen MR) is 127 cm³/mol. The van der Waals surface area contributed by atoms with E-state index >= 15 is 0 Å². The number of amides is 1. The Labute approximate surface area is 189 Å². The molecule has 3 aromatic carbocycles. The molecule has 1 aliphatic heterocycles. The second kappa shape index (κ2) is 10.4. The Bertz CT molecular complexity index is 1000. The average Bonchev–Trinajstić information content (AvgIpc) is 2.87. The fourth-order valence-corrected chi connectivity index (χ4v) is 4.19. The molecule has 1 N–H and O–H groups in total. The smallest absolute Gasteiger partial charge is 0.240 e. The zero-order chi connectivity index (χ0) is 21.5. The van der Waals surface area contributed by atoms with Gasteiger partial charge in [0.1, 0.15) is 0 Å². The van der Waals surface area contributed by atoms with Crippen LogP contribution in [0.3, 0.4) is 0 Å². The van der Waals surface area contributed by atoms with Gasteiger partial charge in [0.15, 0.2) is 0 Å². The van der Waals surface area contributed by atoms with E-state index in [0.29, 0.717) is 24.5 Å². The number of hydrogen-bond donors (Lipinski definition) is 1. The summed E-state index contributed by atoms with van der Waals surface area (Å²) in [6, 6.07) is 27.9. The summed E-state index contributed by atoms with van der Waals surface area (Å²) in [7, 11) is 0. The minimum absolute atomic E-state index is 0.0561. The molecule has 0 aromatic heterocycles. The molecule has 158 valence electrons. The van der Waals surface area contributed by atoms with E-state index in [9.17, 15) is 4.79 Å². The van der Waals surface area contributed by atoms with E-state index in [1.165, 1.54) is 0 Å². The molecule has 0 bridgehead atoms. The van der Waals surface area contributed by atoms with Crippen LogP contribution in [-0.4, -0.2) is 23.4 Å². The first-order chi connectivity index (χ1) is 15.2. The number of benzene rings is 3. The van der Waals surface area contributed by atoms with Crippen molar-refractivity contribution in [2.45, 2.75) is 31.5 Å². The lowest BCUT2D eigenvalue weighted by Crippen LogP contribution is -2.48. The van der Waals surface area contributed by atoms with E-state index in [1.54, 1.807) is 0 Å². The van der Waals surface area contributed by atoms with Crippen LogP contribution in [0.15, 0.2) is 97.1 Å². The molecular weight excluding hydrogens is 404 g/mol. The van der Waals surface area contributed by atoms with Crippen LogP contribution < -0.4 is 5.32 Å². The third-order valence-corrected chi connectivity index (χ3v) is 5.95. The predicted octanol–water partition coefficient (Wildman–Crippen LogP) is 5.57. The summed E-state index contributed by atoms with van der Waals surface area (Å²) in [6.45, 7) is 1.24. The summed E-state index contributed by atoms with van der Waals surface area (Å²) in [4.78, 5) is 15.9. The first-order valence-corrected chi connectivity index (χ1v) is 11.1. The quantitative estimate of drug-likeness (QED) is 0.536. The highest BCUT2D eigenvalue weighted by atomic mass is 35.5. The number of nitrogens with zero attached hydrogens (tertiary/aromatic N) is 1. The minimum Gasteiger partial charge on any atom is -0.330 e. The Balaban J connectivity index is 1.70. The molecule has 1 aliphatic rings. The third-order valence-electron chi connectivity index (χ3n) is 5.70. The molecule has 0 unspecified atom stereocenters. The van der Waals surface area contributed by atoms with E-state index < -0.39 is 0 Å². The fraction of sp³-hybridized carbons (Fsp3) is 0.222. The third kappa shape index (κ3) is 5.63. The summed E-state index contributed by atoms with van der Waals surface area (Å²) >= 11 is 6.14. The fourth-order valence-electron chi connectivity index (χ4n) is 4.07. The van der Waals surface area contributed by atoms with E-state index in [-0.39, 0.29) is 18.0 Å². The molecule has 0 aliphatic carbocycles. The Morgan fingerprint density at radius 2 is 1.48 bits per heavy atom.